The van der Waals surface area contributed by atoms with E-state index in [2.05, 4.69) is 10.2 Å². The van der Waals surface area contributed by atoms with E-state index in [-0.39, 0.29) is 12.4 Å². The lowest BCUT2D eigenvalue weighted by Gasteiger charge is -2.22. The Hall–Kier alpha value is 0.130. The Balaban J connectivity index is 0.00000144. The van der Waals surface area contributed by atoms with E-state index >= 15 is 0 Å². The standard InChI is InChI=1S/C12H24N2O2.ClH/c1-15-8-9-16-7-6-14-5-3-12(11-14)2-4-13-10-12;/h13H,2-11H2,1H3;1H. The number of hydrogen-bond donors (Lipinski definition) is 1. The number of likely N-dealkylation sites (tertiary alicyclic amines) is 1. The molecule has 2 heterocycles. The lowest BCUT2D eigenvalue weighted by atomic mass is 9.87. The quantitative estimate of drug-likeness (QED) is 0.718. The van der Waals surface area contributed by atoms with Crippen molar-refractivity contribution in [1.29, 1.82) is 0 Å². The van der Waals surface area contributed by atoms with Crippen LogP contribution in [0.25, 0.3) is 0 Å². The van der Waals surface area contributed by atoms with Crippen molar-refractivity contribution in [3.8, 4) is 0 Å². The van der Waals surface area contributed by atoms with Gasteiger partial charge in [0.2, 0.25) is 0 Å². The molecular weight excluding hydrogens is 240 g/mol. The van der Waals surface area contributed by atoms with Gasteiger partial charge in [-0.1, -0.05) is 0 Å². The van der Waals surface area contributed by atoms with Gasteiger partial charge < -0.3 is 19.7 Å². The van der Waals surface area contributed by atoms with Crippen LogP contribution in [-0.4, -0.2) is 64.6 Å². The van der Waals surface area contributed by atoms with E-state index in [9.17, 15) is 0 Å². The highest BCUT2D eigenvalue weighted by Gasteiger charge is 2.39. The summed E-state index contributed by atoms with van der Waals surface area (Å²) in [7, 11) is 1.71. The molecule has 0 aromatic carbocycles. The molecule has 1 atom stereocenters. The minimum atomic E-state index is 0. The Labute approximate surface area is 110 Å². The maximum atomic E-state index is 5.50. The average Bonchev–Trinajstić information content (AvgIpc) is 2.90. The highest BCUT2D eigenvalue weighted by atomic mass is 35.5. The van der Waals surface area contributed by atoms with Gasteiger partial charge in [-0.05, 0) is 31.3 Å². The van der Waals surface area contributed by atoms with Crippen LogP contribution in [0.4, 0.5) is 0 Å². The lowest BCUT2D eigenvalue weighted by molar-refractivity contribution is 0.0590. The molecule has 102 valence electrons. The molecule has 0 radical (unpaired) electrons. The number of rotatable bonds is 6. The zero-order valence-electron chi connectivity index (χ0n) is 10.7. The van der Waals surface area contributed by atoms with Crippen LogP contribution in [0, 0.1) is 5.41 Å². The van der Waals surface area contributed by atoms with E-state index in [0.717, 1.165) is 19.8 Å². The molecule has 1 N–H and O–H groups in total. The van der Waals surface area contributed by atoms with Crippen molar-refractivity contribution in [2.45, 2.75) is 12.8 Å². The molecule has 0 aliphatic carbocycles. The Kier molecular flexibility index (Phi) is 6.74. The molecule has 2 fully saturated rings. The lowest BCUT2D eigenvalue weighted by Crippen LogP contribution is -2.31. The summed E-state index contributed by atoms with van der Waals surface area (Å²) < 4.78 is 10.4. The third-order valence-electron chi connectivity index (χ3n) is 3.83. The Morgan fingerprint density at radius 3 is 2.82 bits per heavy atom. The van der Waals surface area contributed by atoms with Gasteiger partial charge in [0.05, 0.1) is 19.8 Å². The van der Waals surface area contributed by atoms with Gasteiger partial charge in [-0.3, -0.25) is 0 Å². The third kappa shape index (κ3) is 4.38. The Morgan fingerprint density at radius 1 is 1.24 bits per heavy atom. The van der Waals surface area contributed by atoms with Crippen LogP contribution in [0.2, 0.25) is 0 Å². The zero-order chi connectivity index (χ0) is 11.3. The van der Waals surface area contributed by atoms with Gasteiger partial charge in [-0.25, -0.2) is 0 Å². The fraction of sp³-hybridized carbons (Fsp3) is 1.00. The number of halogens is 1. The molecule has 0 bridgehead atoms. The maximum Gasteiger partial charge on any atom is 0.0700 e. The van der Waals surface area contributed by atoms with E-state index in [0.29, 0.717) is 12.0 Å². The molecule has 0 saturated carbocycles. The Bertz CT molecular complexity index is 211. The molecule has 0 aromatic heterocycles. The molecule has 1 spiro atoms. The second kappa shape index (κ2) is 7.54. The molecule has 2 aliphatic rings. The van der Waals surface area contributed by atoms with Crippen molar-refractivity contribution >= 4 is 12.4 Å². The van der Waals surface area contributed by atoms with Crippen molar-refractivity contribution in [3.05, 3.63) is 0 Å². The van der Waals surface area contributed by atoms with Crippen LogP contribution in [0.5, 0.6) is 0 Å². The number of nitrogens with zero attached hydrogens (tertiary/aromatic N) is 1. The maximum absolute atomic E-state index is 5.50. The summed E-state index contributed by atoms with van der Waals surface area (Å²) >= 11 is 0. The molecule has 0 amide bonds. The summed E-state index contributed by atoms with van der Waals surface area (Å²) in [6.07, 6.45) is 2.71. The normalized spacial score (nSPS) is 28.8. The van der Waals surface area contributed by atoms with Crippen molar-refractivity contribution in [2.75, 3.05) is 59.7 Å². The summed E-state index contributed by atoms with van der Waals surface area (Å²) in [5.41, 5.74) is 0.590. The number of hydrogen-bond acceptors (Lipinski definition) is 4. The molecule has 1 unspecified atom stereocenters. The van der Waals surface area contributed by atoms with Crippen molar-refractivity contribution in [3.63, 3.8) is 0 Å². The van der Waals surface area contributed by atoms with Gasteiger partial charge in [0.1, 0.15) is 0 Å². The first-order chi connectivity index (χ1) is 7.85. The molecule has 5 heteroatoms. The molecular formula is C12H25ClN2O2. The van der Waals surface area contributed by atoms with E-state index in [1.807, 2.05) is 0 Å². The van der Waals surface area contributed by atoms with Crippen LogP contribution < -0.4 is 5.32 Å². The zero-order valence-corrected chi connectivity index (χ0v) is 11.6. The molecule has 2 aliphatic heterocycles. The van der Waals surface area contributed by atoms with Gasteiger partial charge in [0, 0.05) is 26.7 Å². The molecule has 2 saturated heterocycles. The van der Waals surface area contributed by atoms with E-state index in [1.54, 1.807) is 7.11 Å². The first kappa shape index (κ1) is 15.2. The van der Waals surface area contributed by atoms with Crippen LogP contribution in [0.15, 0.2) is 0 Å². The Morgan fingerprint density at radius 2 is 2.12 bits per heavy atom. The second-order valence-electron chi connectivity index (χ2n) is 5.06. The van der Waals surface area contributed by atoms with Crippen molar-refractivity contribution < 1.29 is 9.47 Å². The van der Waals surface area contributed by atoms with Crippen molar-refractivity contribution in [1.82, 2.24) is 10.2 Å². The predicted octanol–water partition coefficient (Wildman–Crippen LogP) is 0.757. The SMILES string of the molecule is COCCOCCN1CCC2(CCNC2)C1.Cl. The van der Waals surface area contributed by atoms with Gasteiger partial charge >= 0.3 is 0 Å². The van der Waals surface area contributed by atoms with Crippen LogP contribution in [0.3, 0.4) is 0 Å². The first-order valence-electron chi connectivity index (χ1n) is 6.34. The predicted molar refractivity (Wildman–Crippen MR) is 70.9 cm³/mol. The summed E-state index contributed by atoms with van der Waals surface area (Å²) in [5.74, 6) is 0. The summed E-state index contributed by atoms with van der Waals surface area (Å²) in [6.45, 7) is 8.26. The van der Waals surface area contributed by atoms with E-state index in [4.69, 9.17) is 9.47 Å². The van der Waals surface area contributed by atoms with Crippen molar-refractivity contribution in [2.24, 2.45) is 5.41 Å². The highest BCUT2D eigenvalue weighted by molar-refractivity contribution is 5.85. The average molecular weight is 265 g/mol. The molecule has 2 rings (SSSR count). The minimum Gasteiger partial charge on any atom is -0.382 e. The smallest absolute Gasteiger partial charge is 0.0700 e. The number of ether oxygens (including phenoxy) is 2. The van der Waals surface area contributed by atoms with Crippen LogP contribution in [-0.2, 0) is 9.47 Å². The topological polar surface area (TPSA) is 33.7 Å². The van der Waals surface area contributed by atoms with Crippen LogP contribution in [0.1, 0.15) is 12.8 Å². The van der Waals surface area contributed by atoms with E-state index < -0.39 is 0 Å². The summed E-state index contributed by atoms with van der Waals surface area (Å²) in [6, 6.07) is 0. The van der Waals surface area contributed by atoms with E-state index in [1.165, 1.54) is 39.0 Å². The summed E-state index contributed by atoms with van der Waals surface area (Å²) in [5, 5.41) is 3.49. The largest absolute Gasteiger partial charge is 0.382 e. The van der Waals surface area contributed by atoms with Gasteiger partial charge in [-0.15, -0.1) is 12.4 Å². The monoisotopic (exact) mass is 264 g/mol. The fourth-order valence-electron chi connectivity index (χ4n) is 2.80. The molecule has 17 heavy (non-hydrogen) atoms. The molecule has 0 aromatic rings. The third-order valence-corrected chi connectivity index (χ3v) is 3.83. The van der Waals surface area contributed by atoms with Gasteiger partial charge in [-0.2, -0.15) is 0 Å². The highest BCUT2D eigenvalue weighted by Crippen LogP contribution is 2.35. The van der Waals surface area contributed by atoms with Crippen LogP contribution >= 0.6 is 12.4 Å². The number of nitrogens with one attached hydrogen (secondary N) is 1. The van der Waals surface area contributed by atoms with Gasteiger partial charge in [0.15, 0.2) is 0 Å². The fourth-order valence-corrected chi connectivity index (χ4v) is 2.80. The second-order valence-corrected chi connectivity index (χ2v) is 5.06. The summed E-state index contributed by atoms with van der Waals surface area (Å²) in [4.78, 5) is 2.54. The first-order valence-corrected chi connectivity index (χ1v) is 6.34. The number of methoxy groups -OCH3 is 1. The molecule has 4 nitrogen and oxygen atoms in total. The van der Waals surface area contributed by atoms with Gasteiger partial charge in [0.25, 0.3) is 0 Å². The minimum absolute atomic E-state index is 0.